The molecule has 0 aliphatic heterocycles. The van der Waals surface area contributed by atoms with E-state index in [1.165, 1.54) is 12.3 Å². The number of nitrogens with one attached hydrogen (secondary N) is 1. The fraction of sp³-hybridized carbons (Fsp3) is 0.190. The molecular formula is C21H20ClN3O3S. The summed E-state index contributed by atoms with van der Waals surface area (Å²) in [6, 6.07) is 11.8. The highest BCUT2D eigenvalue weighted by molar-refractivity contribution is 7.86. The van der Waals surface area contributed by atoms with Gasteiger partial charge in [0.1, 0.15) is 22.4 Å². The van der Waals surface area contributed by atoms with Gasteiger partial charge in [-0.25, -0.2) is 9.19 Å². The molecule has 3 rings (SSSR count). The molecule has 2 heterocycles. The molecule has 6 nitrogen and oxygen atoms in total. The molecule has 0 bridgehead atoms. The SMILES string of the molecule is Cc1ncccc1C(=O)c1ncc(Cl)cc1NS(=O)c1ccc(OC(C)C)cc1. The number of hydrogen-bond donors (Lipinski definition) is 1. The van der Waals surface area contributed by atoms with Crippen molar-refractivity contribution in [3.05, 3.63) is 76.8 Å². The quantitative estimate of drug-likeness (QED) is 0.555. The molecule has 0 radical (unpaired) electrons. The predicted molar refractivity (Wildman–Crippen MR) is 114 cm³/mol. The van der Waals surface area contributed by atoms with E-state index in [2.05, 4.69) is 14.7 Å². The van der Waals surface area contributed by atoms with Crippen molar-refractivity contribution in [2.45, 2.75) is 31.8 Å². The van der Waals surface area contributed by atoms with E-state index < -0.39 is 11.0 Å². The largest absolute Gasteiger partial charge is 0.491 e. The van der Waals surface area contributed by atoms with E-state index in [-0.39, 0.29) is 23.3 Å². The summed E-state index contributed by atoms with van der Waals surface area (Å²) in [5.41, 5.74) is 1.42. The van der Waals surface area contributed by atoms with Crippen LogP contribution < -0.4 is 9.46 Å². The normalized spacial score (nSPS) is 11.9. The van der Waals surface area contributed by atoms with Crippen molar-refractivity contribution in [2.75, 3.05) is 4.72 Å². The fourth-order valence-corrected chi connectivity index (χ4v) is 3.64. The highest BCUT2D eigenvalue weighted by atomic mass is 35.5. The number of carbonyl (C=O) groups excluding carboxylic acids is 1. The van der Waals surface area contributed by atoms with Crippen molar-refractivity contribution in [2.24, 2.45) is 0 Å². The Kier molecular flexibility index (Phi) is 6.61. The molecule has 2 aromatic heterocycles. The summed E-state index contributed by atoms with van der Waals surface area (Å²) >= 11 is 6.06. The molecule has 0 fully saturated rings. The first-order chi connectivity index (χ1) is 13.8. The first-order valence-electron chi connectivity index (χ1n) is 8.92. The first-order valence-corrected chi connectivity index (χ1v) is 10.4. The van der Waals surface area contributed by atoms with Gasteiger partial charge in [0.25, 0.3) is 0 Å². The number of rotatable bonds is 7. The minimum absolute atomic E-state index is 0.0477. The predicted octanol–water partition coefficient (Wildman–Crippen LogP) is 4.59. The van der Waals surface area contributed by atoms with Crippen LogP contribution >= 0.6 is 11.6 Å². The van der Waals surface area contributed by atoms with Gasteiger partial charge in [-0.2, -0.15) is 0 Å². The zero-order valence-corrected chi connectivity index (χ0v) is 17.8. The number of halogens is 1. The van der Waals surface area contributed by atoms with Gasteiger partial charge in [-0.3, -0.25) is 14.5 Å². The molecule has 0 aliphatic carbocycles. The zero-order chi connectivity index (χ0) is 21.0. The molecule has 0 saturated carbocycles. The molecule has 0 spiro atoms. The van der Waals surface area contributed by atoms with Gasteiger partial charge in [0.05, 0.1) is 21.7 Å². The molecule has 0 aliphatic rings. The van der Waals surface area contributed by atoms with Gasteiger partial charge in [0, 0.05) is 23.7 Å². The summed E-state index contributed by atoms with van der Waals surface area (Å²) in [4.78, 5) is 21.8. The summed E-state index contributed by atoms with van der Waals surface area (Å²) in [7, 11) is -1.62. The zero-order valence-electron chi connectivity index (χ0n) is 16.2. The van der Waals surface area contributed by atoms with Crippen molar-refractivity contribution >= 4 is 34.1 Å². The van der Waals surface area contributed by atoms with Crippen LogP contribution in [0.25, 0.3) is 0 Å². The second-order valence-corrected chi connectivity index (χ2v) is 8.17. The number of pyridine rings is 2. The molecular weight excluding hydrogens is 410 g/mol. The van der Waals surface area contributed by atoms with E-state index in [1.807, 2.05) is 13.8 Å². The number of ketones is 1. The third kappa shape index (κ3) is 5.19. The van der Waals surface area contributed by atoms with E-state index in [9.17, 15) is 9.00 Å². The van der Waals surface area contributed by atoms with Gasteiger partial charge in [-0.15, -0.1) is 0 Å². The number of nitrogens with zero attached hydrogens (tertiary/aromatic N) is 2. The number of aromatic nitrogens is 2. The molecule has 1 atom stereocenters. The summed E-state index contributed by atoms with van der Waals surface area (Å²) in [5, 5.41) is 0.324. The molecule has 29 heavy (non-hydrogen) atoms. The minimum Gasteiger partial charge on any atom is -0.491 e. The molecule has 150 valence electrons. The Bertz CT molecular complexity index is 1060. The average Bonchev–Trinajstić information content (AvgIpc) is 2.68. The Morgan fingerprint density at radius 3 is 2.55 bits per heavy atom. The third-order valence-electron chi connectivity index (χ3n) is 3.93. The lowest BCUT2D eigenvalue weighted by molar-refractivity contribution is 0.103. The van der Waals surface area contributed by atoms with Crippen molar-refractivity contribution in [3.63, 3.8) is 0 Å². The second-order valence-electron chi connectivity index (χ2n) is 6.52. The van der Waals surface area contributed by atoms with Gasteiger partial charge in [0.2, 0.25) is 5.78 Å². The lowest BCUT2D eigenvalue weighted by Crippen LogP contribution is -2.13. The van der Waals surface area contributed by atoms with E-state index in [0.29, 0.717) is 26.9 Å². The van der Waals surface area contributed by atoms with Gasteiger partial charge in [0.15, 0.2) is 0 Å². The molecule has 1 N–H and O–H groups in total. The first kappa shape index (κ1) is 21.0. The van der Waals surface area contributed by atoms with Crippen LogP contribution in [0.5, 0.6) is 5.75 Å². The molecule has 8 heteroatoms. The monoisotopic (exact) mass is 429 g/mol. The molecule has 3 aromatic rings. The maximum atomic E-state index is 13.0. The third-order valence-corrected chi connectivity index (χ3v) is 5.25. The van der Waals surface area contributed by atoms with Crippen LogP contribution in [0.4, 0.5) is 5.69 Å². The number of carbonyl (C=O) groups is 1. The number of anilines is 1. The Balaban J connectivity index is 1.87. The van der Waals surface area contributed by atoms with Crippen molar-refractivity contribution in [1.29, 1.82) is 0 Å². The Hall–Kier alpha value is -2.77. The van der Waals surface area contributed by atoms with Crippen LogP contribution in [0.3, 0.4) is 0 Å². The Morgan fingerprint density at radius 1 is 1.17 bits per heavy atom. The smallest absolute Gasteiger partial charge is 0.215 e. The second kappa shape index (κ2) is 9.15. The number of hydrogen-bond acceptors (Lipinski definition) is 5. The summed E-state index contributed by atoms with van der Waals surface area (Å²) in [5.74, 6) is 0.362. The lowest BCUT2D eigenvalue weighted by atomic mass is 10.1. The van der Waals surface area contributed by atoms with Crippen LogP contribution in [0.2, 0.25) is 5.02 Å². The lowest BCUT2D eigenvalue weighted by Gasteiger charge is -2.12. The molecule has 0 saturated heterocycles. The summed E-state index contributed by atoms with van der Waals surface area (Å²) in [6.45, 7) is 5.61. The van der Waals surface area contributed by atoms with Gasteiger partial charge in [-0.1, -0.05) is 11.6 Å². The van der Waals surface area contributed by atoms with Gasteiger partial charge < -0.3 is 4.74 Å². The molecule has 0 amide bonds. The maximum Gasteiger partial charge on any atom is 0.215 e. The topological polar surface area (TPSA) is 81.2 Å². The Labute approximate surface area is 176 Å². The molecule has 1 unspecified atom stereocenters. The maximum absolute atomic E-state index is 13.0. The van der Waals surface area contributed by atoms with E-state index >= 15 is 0 Å². The van der Waals surface area contributed by atoms with Crippen molar-refractivity contribution < 1.29 is 13.7 Å². The van der Waals surface area contributed by atoms with Crippen LogP contribution in [-0.4, -0.2) is 26.1 Å². The van der Waals surface area contributed by atoms with Crippen LogP contribution in [-0.2, 0) is 11.0 Å². The number of benzene rings is 1. The van der Waals surface area contributed by atoms with Gasteiger partial charge in [-0.05, 0) is 63.2 Å². The van der Waals surface area contributed by atoms with E-state index in [1.54, 1.807) is 49.5 Å². The Morgan fingerprint density at radius 2 is 1.90 bits per heavy atom. The highest BCUT2D eigenvalue weighted by Crippen LogP contribution is 2.24. The van der Waals surface area contributed by atoms with Crippen LogP contribution in [0.15, 0.2) is 59.8 Å². The minimum atomic E-state index is -1.62. The van der Waals surface area contributed by atoms with Crippen LogP contribution in [0, 0.1) is 6.92 Å². The standard InChI is InChI=1S/C21H20ClN3O3S/c1-13(2)28-16-6-8-17(9-7-16)29(27)25-19-11-15(22)12-24-20(19)21(26)18-5-4-10-23-14(18)3/h4-13,25H,1-3H3. The van der Waals surface area contributed by atoms with Crippen molar-refractivity contribution in [3.8, 4) is 5.75 Å². The number of ether oxygens (including phenoxy) is 1. The van der Waals surface area contributed by atoms with E-state index in [4.69, 9.17) is 16.3 Å². The number of aryl methyl sites for hydroxylation is 1. The van der Waals surface area contributed by atoms with E-state index in [0.717, 1.165) is 0 Å². The van der Waals surface area contributed by atoms with Crippen LogP contribution in [0.1, 0.15) is 35.6 Å². The summed E-state index contributed by atoms with van der Waals surface area (Å²) in [6.07, 6.45) is 3.04. The summed E-state index contributed by atoms with van der Waals surface area (Å²) < 4.78 is 21.2. The van der Waals surface area contributed by atoms with Gasteiger partial charge >= 0.3 is 0 Å². The average molecular weight is 430 g/mol. The highest BCUT2D eigenvalue weighted by Gasteiger charge is 2.19. The fourth-order valence-electron chi connectivity index (χ4n) is 2.62. The molecule has 1 aromatic carbocycles. The van der Waals surface area contributed by atoms with Crippen molar-refractivity contribution in [1.82, 2.24) is 9.97 Å².